The van der Waals surface area contributed by atoms with Gasteiger partial charge in [0.05, 0.1) is 35.7 Å². The Bertz CT molecular complexity index is 1730. The van der Waals surface area contributed by atoms with Crippen LogP contribution >= 0.6 is 0 Å². The topological polar surface area (TPSA) is 113 Å². The van der Waals surface area contributed by atoms with Gasteiger partial charge in [0.1, 0.15) is 22.9 Å². The molecule has 0 bridgehead atoms. The van der Waals surface area contributed by atoms with Crippen LogP contribution in [0.3, 0.4) is 0 Å². The van der Waals surface area contributed by atoms with Gasteiger partial charge in [0.2, 0.25) is 0 Å². The highest BCUT2D eigenvalue weighted by Gasteiger charge is 2.31. The number of carboxylic acid groups (broad SMARTS) is 1. The highest BCUT2D eigenvalue weighted by molar-refractivity contribution is 6.01. The summed E-state index contributed by atoms with van der Waals surface area (Å²) in [6.07, 6.45) is 0.403. The van der Waals surface area contributed by atoms with Crippen LogP contribution in [0.5, 0.6) is 11.5 Å². The Morgan fingerprint density at radius 3 is 2.49 bits per heavy atom. The molecule has 0 aliphatic carbocycles. The monoisotopic (exact) mass is 566 g/mol. The smallest absolute Gasteiger partial charge is 0.422 e. The summed E-state index contributed by atoms with van der Waals surface area (Å²) in [6.45, 7) is 3.85. The standard InChI is InChI=1S/C29H25F3N4O5/c1-15-25(17(3)41-35-15)19-9-20-21(13-36(27(20)34-12-19)16(2)22-7-5-6-8-33-22)26-23(39-4)10-18(28(37)38)11-24(26)40-14-29(30,31)32/h5-13,16H,14H2,1-4H3,(H,37,38)/t16-/m0/s1. The fourth-order valence-electron chi connectivity index (χ4n) is 4.84. The van der Waals surface area contributed by atoms with Crippen LogP contribution in [-0.4, -0.2) is 50.7 Å². The molecule has 0 amide bonds. The van der Waals surface area contributed by atoms with Crippen molar-refractivity contribution >= 4 is 17.0 Å². The van der Waals surface area contributed by atoms with E-state index in [9.17, 15) is 23.1 Å². The van der Waals surface area contributed by atoms with Gasteiger partial charge >= 0.3 is 12.1 Å². The lowest BCUT2D eigenvalue weighted by molar-refractivity contribution is -0.153. The van der Waals surface area contributed by atoms with E-state index in [4.69, 9.17) is 19.0 Å². The Kier molecular flexibility index (Phi) is 7.16. The summed E-state index contributed by atoms with van der Waals surface area (Å²) < 4.78 is 57.6. The molecule has 1 N–H and O–H groups in total. The van der Waals surface area contributed by atoms with E-state index in [0.29, 0.717) is 33.6 Å². The van der Waals surface area contributed by atoms with Crippen molar-refractivity contribution in [2.24, 2.45) is 0 Å². The van der Waals surface area contributed by atoms with E-state index in [0.717, 1.165) is 17.3 Å². The zero-order chi connectivity index (χ0) is 29.5. The van der Waals surface area contributed by atoms with E-state index in [1.165, 1.54) is 13.2 Å². The Balaban J connectivity index is 1.82. The third kappa shape index (κ3) is 5.32. The number of pyridine rings is 2. The first-order valence-electron chi connectivity index (χ1n) is 12.5. The molecule has 0 aliphatic rings. The average molecular weight is 567 g/mol. The lowest BCUT2D eigenvalue weighted by Gasteiger charge is -2.17. The van der Waals surface area contributed by atoms with E-state index < -0.39 is 18.8 Å². The largest absolute Gasteiger partial charge is 0.496 e. The number of benzene rings is 1. The molecule has 1 aromatic carbocycles. The molecule has 0 unspecified atom stereocenters. The van der Waals surface area contributed by atoms with E-state index >= 15 is 0 Å². The number of halogens is 3. The second-order valence-electron chi connectivity index (χ2n) is 9.44. The maximum atomic E-state index is 13.2. The van der Waals surface area contributed by atoms with Crippen molar-refractivity contribution in [2.45, 2.75) is 33.0 Å². The van der Waals surface area contributed by atoms with Crippen LogP contribution < -0.4 is 9.47 Å². The van der Waals surface area contributed by atoms with Gasteiger partial charge in [-0.1, -0.05) is 11.2 Å². The van der Waals surface area contributed by atoms with Gasteiger partial charge in [-0.25, -0.2) is 9.78 Å². The van der Waals surface area contributed by atoms with Gasteiger partial charge in [-0.15, -0.1) is 0 Å². The summed E-state index contributed by atoms with van der Waals surface area (Å²) in [5, 5.41) is 14.2. The molecular weight excluding hydrogens is 541 g/mol. The van der Waals surface area contributed by atoms with Crippen molar-refractivity contribution < 1.29 is 37.1 Å². The number of methoxy groups -OCH3 is 1. The first kappa shape index (κ1) is 27.7. The fourth-order valence-corrected chi connectivity index (χ4v) is 4.84. The Hall–Kier alpha value is -4.87. The maximum absolute atomic E-state index is 13.2. The highest BCUT2D eigenvalue weighted by atomic mass is 19.4. The Morgan fingerprint density at radius 2 is 1.88 bits per heavy atom. The number of carboxylic acids is 1. The highest BCUT2D eigenvalue weighted by Crippen LogP contribution is 2.45. The predicted octanol–water partition coefficient (Wildman–Crippen LogP) is 6.63. The maximum Gasteiger partial charge on any atom is 0.422 e. The number of rotatable bonds is 8. The van der Waals surface area contributed by atoms with Gasteiger partial charge in [-0.2, -0.15) is 13.2 Å². The molecular formula is C29H25F3N4O5. The summed E-state index contributed by atoms with van der Waals surface area (Å²) >= 11 is 0. The van der Waals surface area contributed by atoms with E-state index in [2.05, 4.69) is 10.1 Å². The molecule has 0 aliphatic heterocycles. The van der Waals surface area contributed by atoms with Crippen molar-refractivity contribution in [2.75, 3.05) is 13.7 Å². The van der Waals surface area contributed by atoms with Gasteiger partial charge in [0.25, 0.3) is 0 Å². The number of hydrogen-bond acceptors (Lipinski definition) is 7. The molecule has 212 valence electrons. The van der Waals surface area contributed by atoms with Crippen LogP contribution in [-0.2, 0) is 0 Å². The molecule has 5 rings (SSSR count). The molecule has 12 heteroatoms. The van der Waals surface area contributed by atoms with Crippen molar-refractivity contribution in [1.82, 2.24) is 19.7 Å². The summed E-state index contributed by atoms with van der Waals surface area (Å²) in [5.74, 6) is -1.05. The molecule has 4 aromatic heterocycles. The number of nitrogens with zero attached hydrogens (tertiary/aromatic N) is 4. The average Bonchev–Trinajstić information content (AvgIpc) is 3.49. The third-order valence-electron chi connectivity index (χ3n) is 6.72. The van der Waals surface area contributed by atoms with Gasteiger partial charge in [0, 0.05) is 40.7 Å². The number of aromatic nitrogens is 4. The lowest BCUT2D eigenvalue weighted by Crippen LogP contribution is -2.19. The van der Waals surface area contributed by atoms with Crippen LogP contribution in [0.2, 0.25) is 0 Å². The molecule has 5 aromatic rings. The van der Waals surface area contributed by atoms with Crippen LogP contribution in [0.15, 0.2) is 59.5 Å². The number of hydrogen-bond donors (Lipinski definition) is 1. The van der Waals surface area contributed by atoms with Gasteiger partial charge in [-0.3, -0.25) is 4.98 Å². The minimum atomic E-state index is -4.66. The van der Waals surface area contributed by atoms with Crippen molar-refractivity contribution in [3.8, 4) is 33.8 Å². The van der Waals surface area contributed by atoms with Crippen molar-refractivity contribution in [1.29, 1.82) is 0 Å². The predicted molar refractivity (Wildman–Crippen MR) is 143 cm³/mol. The Morgan fingerprint density at radius 1 is 1.12 bits per heavy atom. The van der Waals surface area contributed by atoms with Crippen molar-refractivity contribution in [3.05, 3.63) is 77.7 Å². The molecule has 9 nitrogen and oxygen atoms in total. The molecule has 4 heterocycles. The molecule has 0 fully saturated rings. The fraction of sp³-hybridized carbons (Fsp3) is 0.241. The van der Waals surface area contributed by atoms with Crippen LogP contribution in [0.4, 0.5) is 13.2 Å². The number of aromatic carboxylic acids is 1. The second-order valence-corrected chi connectivity index (χ2v) is 9.44. The zero-order valence-corrected chi connectivity index (χ0v) is 22.5. The Labute approximate surface area is 232 Å². The minimum absolute atomic E-state index is 0.0226. The normalized spacial score (nSPS) is 12.5. The molecule has 1 atom stereocenters. The van der Waals surface area contributed by atoms with Crippen LogP contribution in [0.25, 0.3) is 33.3 Å². The number of carbonyl (C=O) groups is 1. The minimum Gasteiger partial charge on any atom is -0.496 e. The number of aryl methyl sites for hydroxylation is 2. The van der Waals surface area contributed by atoms with Gasteiger partial charge < -0.3 is 23.7 Å². The van der Waals surface area contributed by atoms with Crippen LogP contribution in [0, 0.1) is 13.8 Å². The van der Waals surface area contributed by atoms with Gasteiger partial charge in [-0.05, 0) is 51.1 Å². The third-order valence-corrected chi connectivity index (χ3v) is 6.72. The molecule has 0 radical (unpaired) electrons. The molecule has 0 saturated carbocycles. The summed E-state index contributed by atoms with van der Waals surface area (Å²) in [7, 11) is 1.31. The number of alkyl halides is 3. The van der Waals surface area contributed by atoms with Crippen molar-refractivity contribution in [3.63, 3.8) is 0 Å². The summed E-state index contributed by atoms with van der Waals surface area (Å²) in [6, 6.07) is 9.32. The zero-order valence-electron chi connectivity index (χ0n) is 22.5. The second kappa shape index (κ2) is 10.6. The first-order valence-corrected chi connectivity index (χ1v) is 12.5. The van der Waals surface area contributed by atoms with E-state index in [1.54, 1.807) is 38.5 Å². The van der Waals surface area contributed by atoms with E-state index in [1.807, 2.05) is 29.7 Å². The summed E-state index contributed by atoms with van der Waals surface area (Å²) in [4.78, 5) is 21.0. The SMILES string of the molecule is COc1cc(C(=O)O)cc(OCC(F)(F)F)c1-c1cn([C@@H](C)c2ccccn2)c2ncc(-c3c(C)noc3C)cc12. The van der Waals surface area contributed by atoms with Crippen LogP contribution in [0.1, 0.15) is 40.5 Å². The molecule has 0 spiro atoms. The number of ether oxygens (including phenoxy) is 2. The number of fused-ring (bicyclic) bond motifs is 1. The molecule has 0 saturated heterocycles. The van der Waals surface area contributed by atoms with E-state index in [-0.39, 0.29) is 28.7 Å². The quantitative estimate of drug-likeness (QED) is 0.223. The van der Waals surface area contributed by atoms with Gasteiger partial charge in [0.15, 0.2) is 6.61 Å². The first-order chi connectivity index (χ1) is 19.5. The molecule has 41 heavy (non-hydrogen) atoms. The summed E-state index contributed by atoms with van der Waals surface area (Å²) in [5.41, 5.74) is 3.59. The lowest BCUT2D eigenvalue weighted by atomic mass is 9.99.